The molecule has 2 N–H and O–H groups in total. The minimum absolute atomic E-state index is 0.0422. The van der Waals surface area contributed by atoms with Crippen LogP contribution >= 0.6 is 0 Å². The molecule has 2 aromatic carbocycles. The lowest BCUT2D eigenvalue weighted by Gasteiger charge is -2.16. The summed E-state index contributed by atoms with van der Waals surface area (Å²) < 4.78 is 0. The number of carboxylic acid groups (broad SMARTS) is 1. The standard InChI is InChI=1S/C9H11N.C7H5NO4/c1-2-6-9-8(4-1)5-3-7-10-9;9-7(10)5-1-3-6(4-2-5)8(11)12/h1-2,4,6,10H,3,5,7H2;1-4H,(H,9,10). The number of aryl methyl sites for hydroxylation is 1. The van der Waals surface area contributed by atoms with Crippen molar-refractivity contribution >= 4 is 17.3 Å². The Kier molecular flexibility index (Phi) is 5.08. The Hall–Kier alpha value is -2.89. The second-order valence-electron chi connectivity index (χ2n) is 4.80. The van der Waals surface area contributed by atoms with E-state index in [0.717, 1.165) is 18.7 Å². The normalized spacial score (nSPS) is 12.2. The Labute approximate surface area is 127 Å². The number of nitrogens with zero attached hydrogens (tertiary/aromatic N) is 1. The van der Waals surface area contributed by atoms with Crippen molar-refractivity contribution in [1.82, 2.24) is 0 Å². The van der Waals surface area contributed by atoms with Crippen molar-refractivity contribution in [2.75, 3.05) is 11.9 Å². The number of nitrogens with one attached hydrogen (secondary N) is 1. The molecule has 0 fully saturated rings. The first-order valence-electron chi connectivity index (χ1n) is 6.87. The van der Waals surface area contributed by atoms with E-state index in [2.05, 4.69) is 29.6 Å². The van der Waals surface area contributed by atoms with Crippen LogP contribution < -0.4 is 5.32 Å². The van der Waals surface area contributed by atoms with E-state index >= 15 is 0 Å². The molecule has 6 nitrogen and oxygen atoms in total. The molecule has 0 unspecified atom stereocenters. The van der Waals surface area contributed by atoms with E-state index in [1.807, 2.05) is 0 Å². The van der Waals surface area contributed by atoms with E-state index in [4.69, 9.17) is 5.11 Å². The second kappa shape index (κ2) is 7.21. The molecule has 0 atom stereocenters. The van der Waals surface area contributed by atoms with Crippen LogP contribution in [0.5, 0.6) is 0 Å². The van der Waals surface area contributed by atoms with Crippen LogP contribution in [0.2, 0.25) is 0 Å². The van der Waals surface area contributed by atoms with Gasteiger partial charge in [-0.15, -0.1) is 0 Å². The number of anilines is 1. The van der Waals surface area contributed by atoms with Crippen molar-refractivity contribution in [1.29, 1.82) is 0 Å². The van der Waals surface area contributed by atoms with Crippen LogP contribution in [0.1, 0.15) is 22.3 Å². The number of hydrogen-bond donors (Lipinski definition) is 2. The number of carboxylic acids is 1. The zero-order valence-corrected chi connectivity index (χ0v) is 11.9. The van der Waals surface area contributed by atoms with Crippen molar-refractivity contribution in [3.05, 3.63) is 69.8 Å². The molecule has 0 saturated carbocycles. The number of hydrogen-bond acceptors (Lipinski definition) is 4. The molecule has 114 valence electrons. The molecular weight excluding hydrogens is 284 g/mol. The monoisotopic (exact) mass is 300 g/mol. The summed E-state index contributed by atoms with van der Waals surface area (Å²) in [6.45, 7) is 1.14. The van der Waals surface area contributed by atoms with E-state index < -0.39 is 10.9 Å². The Bertz CT molecular complexity index is 610. The number of non-ortho nitro benzene ring substituents is 1. The van der Waals surface area contributed by atoms with Crippen LogP contribution in [-0.2, 0) is 6.42 Å². The summed E-state index contributed by atoms with van der Waals surface area (Å²) in [6, 6.07) is 13.2. The molecule has 0 spiro atoms. The lowest BCUT2D eigenvalue weighted by atomic mass is 10.0. The number of carbonyl (C=O) groups is 1. The summed E-state index contributed by atoms with van der Waals surface area (Å²) in [6.07, 6.45) is 2.51. The van der Waals surface area contributed by atoms with Crippen LogP contribution in [0.3, 0.4) is 0 Å². The first-order valence-corrected chi connectivity index (χ1v) is 6.87. The Morgan fingerprint density at radius 3 is 2.41 bits per heavy atom. The van der Waals surface area contributed by atoms with Gasteiger partial charge in [0.05, 0.1) is 10.5 Å². The average molecular weight is 300 g/mol. The molecule has 0 bridgehead atoms. The molecule has 0 saturated heterocycles. The van der Waals surface area contributed by atoms with E-state index in [0.29, 0.717) is 0 Å². The highest BCUT2D eigenvalue weighted by Crippen LogP contribution is 2.20. The zero-order valence-electron chi connectivity index (χ0n) is 11.9. The molecule has 0 aromatic heterocycles. The van der Waals surface area contributed by atoms with Gasteiger partial charge in [0.15, 0.2) is 0 Å². The number of rotatable bonds is 2. The molecule has 0 radical (unpaired) electrons. The van der Waals surface area contributed by atoms with Crippen molar-refractivity contribution < 1.29 is 14.8 Å². The van der Waals surface area contributed by atoms with E-state index in [9.17, 15) is 14.9 Å². The largest absolute Gasteiger partial charge is 0.478 e. The summed E-state index contributed by atoms with van der Waals surface area (Å²) >= 11 is 0. The molecule has 1 heterocycles. The summed E-state index contributed by atoms with van der Waals surface area (Å²) in [5, 5.41) is 21.9. The minimum Gasteiger partial charge on any atom is -0.478 e. The quantitative estimate of drug-likeness (QED) is 0.655. The highest BCUT2D eigenvalue weighted by Gasteiger charge is 2.07. The van der Waals surface area contributed by atoms with Gasteiger partial charge in [-0.05, 0) is 36.6 Å². The zero-order chi connectivity index (χ0) is 15.9. The van der Waals surface area contributed by atoms with Crippen LogP contribution in [0.15, 0.2) is 48.5 Å². The number of fused-ring (bicyclic) bond motifs is 1. The molecule has 1 aliphatic rings. The first kappa shape index (κ1) is 15.5. The van der Waals surface area contributed by atoms with Crippen molar-refractivity contribution in [3.8, 4) is 0 Å². The maximum absolute atomic E-state index is 10.3. The fourth-order valence-corrected chi connectivity index (χ4v) is 2.14. The van der Waals surface area contributed by atoms with Crippen molar-refractivity contribution in [3.63, 3.8) is 0 Å². The van der Waals surface area contributed by atoms with Crippen molar-refractivity contribution in [2.24, 2.45) is 0 Å². The van der Waals surface area contributed by atoms with Gasteiger partial charge in [0.25, 0.3) is 5.69 Å². The molecule has 2 aromatic rings. The third-order valence-corrected chi connectivity index (χ3v) is 3.28. The minimum atomic E-state index is -1.09. The average Bonchev–Trinajstić information content (AvgIpc) is 2.55. The van der Waals surface area contributed by atoms with Gasteiger partial charge in [-0.25, -0.2) is 4.79 Å². The smallest absolute Gasteiger partial charge is 0.335 e. The summed E-state index contributed by atoms with van der Waals surface area (Å²) in [5.74, 6) is -1.09. The Morgan fingerprint density at radius 1 is 1.14 bits per heavy atom. The van der Waals surface area contributed by atoms with Crippen LogP contribution in [0.25, 0.3) is 0 Å². The van der Waals surface area contributed by atoms with Gasteiger partial charge in [-0.1, -0.05) is 18.2 Å². The second-order valence-corrected chi connectivity index (χ2v) is 4.80. The number of para-hydroxylation sites is 1. The molecular formula is C16H16N2O4. The Morgan fingerprint density at radius 2 is 1.82 bits per heavy atom. The molecule has 6 heteroatoms. The molecule has 0 amide bonds. The molecule has 3 rings (SSSR count). The van der Waals surface area contributed by atoms with Crippen LogP contribution in [-0.4, -0.2) is 22.5 Å². The number of aromatic carboxylic acids is 1. The van der Waals surface area contributed by atoms with Gasteiger partial charge >= 0.3 is 5.97 Å². The predicted octanol–water partition coefficient (Wildman–Crippen LogP) is 3.34. The van der Waals surface area contributed by atoms with E-state index in [1.165, 1.54) is 36.2 Å². The van der Waals surface area contributed by atoms with Gasteiger partial charge < -0.3 is 10.4 Å². The predicted molar refractivity (Wildman–Crippen MR) is 83.3 cm³/mol. The number of nitro benzene ring substituents is 1. The summed E-state index contributed by atoms with van der Waals surface area (Å²) in [5.41, 5.74) is 2.73. The van der Waals surface area contributed by atoms with Gasteiger partial charge in [0.2, 0.25) is 0 Å². The fraction of sp³-hybridized carbons (Fsp3) is 0.188. The third-order valence-electron chi connectivity index (χ3n) is 3.28. The van der Waals surface area contributed by atoms with E-state index in [-0.39, 0.29) is 11.3 Å². The number of nitro groups is 1. The number of benzene rings is 2. The highest BCUT2D eigenvalue weighted by molar-refractivity contribution is 5.87. The Balaban J connectivity index is 0.000000162. The van der Waals surface area contributed by atoms with Crippen LogP contribution in [0, 0.1) is 10.1 Å². The highest BCUT2D eigenvalue weighted by atomic mass is 16.6. The van der Waals surface area contributed by atoms with Gasteiger partial charge in [0.1, 0.15) is 0 Å². The summed E-state index contributed by atoms with van der Waals surface area (Å²) in [7, 11) is 0. The molecule has 0 aliphatic carbocycles. The van der Waals surface area contributed by atoms with Crippen molar-refractivity contribution in [2.45, 2.75) is 12.8 Å². The van der Waals surface area contributed by atoms with Gasteiger partial charge in [-0.3, -0.25) is 10.1 Å². The van der Waals surface area contributed by atoms with Gasteiger partial charge in [-0.2, -0.15) is 0 Å². The lowest BCUT2D eigenvalue weighted by molar-refractivity contribution is -0.384. The fourth-order valence-electron chi connectivity index (χ4n) is 2.14. The topological polar surface area (TPSA) is 92.5 Å². The molecule has 22 heavy (non-hydrogen) atoms. The SMILES string of the molecule is O=C(O)c1ccc([N+](=O)[O-])cc1.c1ccc2c(c1)CCCN2. The third kappa shape index (κ3) is 4.05. The lowest BCUT2D eigenvalue weighted by Crippen LogP contribution is -2.10. The van der Waals surface area contributed by atoms with Crippen LogP contribution in [0.4, 0.5) is 11.4 Å². The molecule has 1 aliphatic heterocycles. The summed E-state index contributed by atoms with van der Waals surface area (Å²) in [4.78, 5) is 19.9. The maximum Gasteiger partial charge on any atom is 0.335 e. The first-order chi connectivity index (χ1) is 10.6. The van der Waals surface area contributed by atoms with Gasteiger partial charge in [0, 0.05) is 24.4 Å². The van der Waals surface area contributed by atoms with E-state index in [1.54, 1.807) is 0 Å². The maximum atomic E-state index is 10.3.